The van der Waals surface area contributed by atoms with Gasteiger partial charge in [0.05, 0.1) is 0 Å². The van der Waals surface area contributed by atoms with Crippen LogP contribution in [0.4, 0.5) is 0 Å². The quantitative estimate of drug-likeness (QED) is 0.542. The van der Waals surface area contributed by atoms with Gasteiger partial charge in [0, 0.05) is 16.7 Å². The Bertz CT molecular complexity index is 116. The van der Waals surface area contributed by atoms with E-state index >= 15 is 0 Å². The van der Waals surface area contributed by atoms with Crippen LogP contribution in [-0.2, 0) is 4.79 Å². The Morgan fingerprint density at radius 2 is 2.00 bits per heavy atom. The standard InChI is InChI=1S/C6H7Cl2O/c7-5-1-4(3-9)6(8)2-5/h4-6H,1-2H2. The summed E-state index contributed by atoms with van der Waals surface area (Å²) in [6.45, 7) is 0. The summed E-state index contributed by atoms with van der Waals surface area (Å²) in [5.41, 5.74) is 0. The lowest BCUT2D eigenvalue weighted by molar-refractivity contribution is 0.524. The Labute approximate surface area is 64.3 Å². The molecule has 3 unspecified atom stereocenters. The lowest BCUT2D eigenvalue weighted by Crippen LogP contribution is -2.06. The number of rotatable bonds is 1. The van der Waals surface area contributed by atoms with Crippen molar-refractivity contribution in [3.63, 3.8) is 0 Å². The molecule has 1 saturated carbocycles. The average molecular weight is 166 g/mol. The summed E-state index contributed by atoms with van der Waals surface area (Å²) in [6, 6.07) is 0. The minimum atomic E-state index is -0.130. The highest BCUT2D eigenvalue weighted by Crippen LogP contribution is 2.32. The predicted molar refractivity (Wildman–Crippen MR) is 37.7 cm³/mol. The Balaban J connectivity index is 2.47. The van der Waals surface area contributed by atoms with Gasteiger partial charge >= 0.3 is 0 Å². The van der Waals surface area contributed by atoms with Crippen LogP contribution in [0.3, 0.4) is 0 Å². The van der Waals surface area contributed by atoms with Crippen LogP contribution < -0.4 is 0 Å². The molecule has 3 atom stereocenters. The SMILES string of the molecule is O=[C]C1CC(Cl)CC1Cl. The third-order valence-corrected chi connectivity index (χ3v) is 2.42. The van der Waals surface area contributed by atoms with E-state index in [-0.39, 0.29) is 16.7 Å². The van der Waals surface area contributed by atoms with Gasteiger partial charge in [-0.15, -0.1) is 23.2 Å². The number of hydrogen-bond donors (Lipinski definition) is 0. The molecular weight excluding hydrogens is 159 g/mol. The zero-order valence-electron chi connectivity index (χ0n) is 4.81. The monoisotopic (exact) mass is 165 g/mol. The largest absolute Gasteiger partial charge is 0.291 e. The van der Waals surface area contributed by atoms with Crippen molar-refractivity contribution in [1.29, 1.82) is 0 Å². The minimum absolute atomic E-state index is 0.0787. The molecule has 0 bridgehead atoms. The van der Waals surface area contributed by atoms with E-state index in [1.807, 2.05) is 6.29 Å². The zero-order valence-corrected chi connectivity index (χ0v) is 6.32. The topological polar surface area (TPSA) is 17.1 Å². The fourth-order valence-corrected chi connectivity index (χ4v) is 1.89. The first-order valence-corrected chi connectivity index (χ1v) is 3.77. The Morgan fingerprint density at radius 3 is 2.22 bits per heavy atom. The molecule has 51 valence electrons. The second-order valence-electron chi connectivity index (χ2n) is 2.31. The van der Waals surface area contributed by atoms with Crippen molar-refractivity contribution in [3.05, 3.63) is 0 Å². The van der Waals surface area contributed by atoms with Crippen LogP contribution in [0.5, 0.6) is 0 Å². The van der Waals surface area contributed by atoms with Gasteiger partial charge in [0.25, 0.3) is 0 Å². The maximum Gasteiger partial charge on any atom is 0.203 e. The van der Waals surface area contributed by atoms with E-state index in [1.54, 1.807) is 0 Å². The molecule has 0 aromatic rings. The van der Waals surface area contributed by atoms with Crippen molar-refractivity contribution in [3.8, 4) is 0 Å². The molecule has 1 aliphatic carbocycles. The second kappa shape index (κ2) is 2.89. The molecule has 1 fully saturated rings. The van der Waals surface area contributed by atoms with Gasteiger partial charge in [-0.3, -0.25) is 4.79 Å². The van der Waals surface area contributed by atoms with Gasteiger partial charge in [0.1, 0.15) is 0 Å². The molecule has 1 nitrogen and oxygen atoms in total. The summed E-state index contributed by atoms with van der Waals surface area (Å²) in [7, 11) is 0. The first-order chi connectivity index (χ1) is 4.24. The van der Waals surface area contributed by atoms with Gasteiger partial charge in [-0.05, 0) is 12.8 Å². The molecule has 1 aliphatic rings. The lowest BCUT2D eigenvalue weighted by atomic mass is 10.1. The molecule has 0 saturated heterocycles. The van der Waals surface area contributed by atoms with Gasteiger partial charge in [-0.2, -0.15) is 0 Å². The molecule has 1 rings (SSSR count). The zero-order chi connectivity index (χ0) is 6.85. The van der Waals surface area contributed by atoms with Crippen molar-refractivity contribution >= 4 is 29.5 Å². The van der Waals surface area contributed by atoms with Crippen LogP contribution in [-0.4, -0.2) is 17.0 Å². The highest BCUT2D eigenvalue weighted by Gasteiger charge is 2.31. The minimum Gasteiger partial charge on any atom is -0.291 e. The van der Waals surface area contributed by atoms with Crippen LogP contribution in [0.2, 0.25) is 0 Å². The predicted octanol–water partition coefficient (Wildman–Crippen LogP) is 1.72. The maximum atomic E-state index is 10.1. The molecule has 1 radical (unpaired) electrons. The van der Waals surface area contributed by atoms with E-state index in [4.69, 9.17) is 23.2 Å². The van der Waals surface area contributed by atoms with Crippen molar-refractivity contribution in [2.24, 2.45) is 5.92 Å². The van der Waals surface area contributed by atoms with Crippen molar-refractivity contribution in [2.45, 2.75) is 23.6 Å². The van der Waals surface area contributed by atoms with Crippen molar-refractivity contribution < 1.29 is 4.79 Å². The van der Waals surface area contributed by atoms with Gasteiger partial charge in [0.15, 0.2) is 0 Å². The highest BCUT2D eigenvalue weighted by atomic mass is 35.5. The first-order valence-electron chi connectivity index (χ1n) is 2.90. The summed E-state index contributed by atoms with van der Waals surface area (Å²) < 4.78 is 0. The summed E-state index contributed by atoms with van der Waals surface area (Å²) >= 11 is 11.4. The normalized spacial score (nSPS) is 43.1. The van der Waals surface area contributed by atoms with Crippen LogP contribution in [0.25, 0.3) is 0 Å². The van der Waals surface area contributed by atoms with E-state index < -0.39 is 0 Å². The summed E-state index contributed by atoms with van der Waals surface area (Å²) in [6.07, 6.45) is 3.31. The number of halogens is 2. The average Bonchev–Trinajstić information content (AvgIpc) is 2.10. The molecule has 0 spiro atoms. The third-order valence-electron chi connectivity index (χ3n) is 1.58. The smallest absolute Gasteiger partial charge is 0.203 e. The van der Waals surface area contributed by atoms with Crippen LogP contribution >= 0.6 is 23.2 Å². The van der Waals surface area contributed by atoms with E-state index in [0.717, 1.165) is 6.42 Å². The molecule has 0 aliphatic heterocycles. The van der Waals surface area contributed by atoms with E-state index in [9.17, 15) is 4.79 Å². The Hall–Kier alpha value is 0.250. The summed E-state index contributed by atoms with van der Waals surface area (Å²) in [4.78, 5) is 10.1. The van der Waals surface area contributed by atoms with E-state index in [2.05, 4.69) is 0 Å². The summed E-state index contributed by atoms with van der Waals surface area (Å²) in [5, 5.41) is 0.00366. The van der Waals surface area contributed by atoms with Crippen LogP contribution in [0, 0.1) is 5.92 Å². The first kappa shape index (κ1) is 7.36. The number of carbonyl (C=O) groups excluding carboxylic acids is 1. The van der Waals surface area contributed by atoms with Gasteiger partial charge < -0.3 is 0 Å². The number of alkyl halides is 2. The van der Waals surface area contributed by atoms with Crippen molar-refractivity contribution in [2.75, 3.05) is 0 Å². The fraction of sp³-hybridized carbons (Fsp3) is 0.833. The molecule has 3 heteroatoms. The third kappa shape index (κ3) is 1.59. The molecule has 0 amide bonds. The molecule has 0 aromatic carbocycles. The Morgan fingerprint density at radius 1 is 1.33 bits per heavy atom. The van der Waals surface area contributed by atoms with Gasteiger partial charge in [-0.25, -0.2) is 0 Å². The highest BCUT2D eigenvalue weighted by molar-refractivity contribution is 6.25. The van der Waals surface area contributed by atoms with Gasteiger partial charge in [-0.1, -0.05) is 0 Å². The fourth-order valence-electron chi connectivity index (χ4n) is 1.05. The van der Waals surface area contributed by atoms with Crippen LogP contribution in [0.1, 0.15) is 12.8 Å². The van der Waals surface area contributed by atoms with Crippen LogP contribution in [0.15, 0.2) is 0 Å². The lowest BCUT2D eigenvalue weighted by Gasteiger charge is -1.99. The Kier molecular flexibility index (Phi) is 2.36. The molecule has 0 aromatic heterocycles. The van der Waals surface area contributed by atoms with Crippen molar-refractivity contribution in [1.82, 2.24) is 0 Å². The molecule has 9 heavy (non-hydrogen) atoms. The summed E-state index contributed by atoms with van der Waals surface area (Å²) in [5.74, 6) is -0.130. The molecule has 0 heterocycles. The second-order valence-corrected chi connectivity index (χ2v) is 3.49. The van der Waals surface area contributed by atoms with E-state index in [0.29, 0.717) is 6.42 Å². The molecule has 0 N–H and O–H groups in total. The van der Waals surface area contributed by atoms with E-state index in [1.165, 1.54) is 0 Å². The number of hydrogen-bond acceptors (Lipinski definition) is 1. The molecular formula is C6H7Cl2O. The maximum absolute atomic E-state index is 10.1. The van der Waals surface area contributed by atoms with Gasteiger partial charge in [0.2, 0.25) is 6.29 Å².